The summed E-state index contributed by atoms with van der Waals surface area (Å²) in [5, 5.41) is 9.23. The van der Waals surface area contributed by atoms with Crippen LogP contribution in [0, 0.1) is 6.92 Å². The second-order valence-electron chi connectivity index (χ2n) is 4.60. The highest BCUT2D eigenvalue weighted by molar-refractivity contribution is 5.94. The van der Waals surface area contributed by atoms with Crippen molar-refractivity contribution in [2.24, 2.45) is 7.05 Å². The van der Waals surface area contributed by atoms with Gasteiger partial charge in [-0.15, -0.1) is 0 Å². The van der Waals surface area contributed by atoms with Gasteiger partial charge in [-0.05, 0) is 26.0 Å². The lowest BCUT2D eigenvalue weighted by Gasteiger charge is -2.13. The highest BCUT2D eigenvalue weighted by Crippen LogP contribution is 2.00. The van der Waals surface area contributed by atoms with Crippen LogP contribution in [-0.2, 0) is 18.4 Å². The zero-order valence-corrected chi connectivity index (χ0v) is 12.1. The second kappa shape index (κ2) is 6.21. The molecule has 2 aromatic heterocycles. The van der Waals surface area contributed by atoms with Crippen molar-refractivity contribution in [2.45, 2.75) is 26.4 Å². The van der Waals surface area contributed by atoms with Crippen molar-refractivity contribution in [1.82, 2.24) is 25.4 Å². The summed E-state index contributed by atoms with van der Waals surface area (Å²) in [5.41, 5.74) is 0. The lowest BCUT2D eigenvalue weighted by Crippen LogP contribution is -2.45. The maximum Gasteiger partial charge on any atom is 0.289 e. The van der Waals surface area contributed by atoms with Crippen molar-refractivity contribution in [2.75, 3.05) is 0 Å². The van der Waals surface area contributed by atoms with Gasteiger partial charge in [0.2, 0.25) is 11.7 Å². The molecule has 0 saturated heterocycles. The molecular weight excluding hydrogens is 274 g/mol. The number of aromatic nitrogens is 3. The van der Waals surface area contributed by atoms with Crippen molar-refractivity contribution in [3.05, 3.63) is 35.8 Å². The number of nitrogens with zero attached hydrogens (tertiary/aromatic N) is 3. The molecule has 21 heavy (non-hydrogen) atoms. The number of aryl methyl sites for hydroxylation is 2. The summed E-state index contributed by atoms with van der Waals surface area (Å²) in [6, 6.07) is 2.80. The monoisotopic (exact) mass is 291 g/mol. The Hall–Kier alpha value is -2.64. The summed E-state index contributed by atoms with van der Waals surface area (Å²) in [6.45, 7) is 3.56. The summed E-state index contributed by atoms with van der Waals surface area (Å²) < 4.78 is 6.48. The third kappa shape index (κ3) is 3.68. The molecule has 0 aromatic carbocycles. The SMILES string of the molecule is Cc1nc(C(=O)N[C@@H](C)C(=O)NCc2ccco2)n(C)n1. The zero-order valence-electron chi connectivity index (χ0n) is 12.1. The van der Waals surface area contributed by atoms with Gasteiger partial charge in [0.25, 0.3) is 5.91 Å². The van der Waals surface area contributed by atoms with Crippen molar-refractivity contribution in [1.29, 1.82) is 0 Å². The number of nitrogens with one attached hydrogen (secondary N) is 2. The van der Waals surface area contributed by atoms with Gasteiger partial charge >= 0.3 is 0 Å². The van der Waals surface area contributed by atoms with E-state index in [-0.39, 0.29) is 18.3 Å². The van der Waals surface area contributed by atoms with Gasteiger partial charge in [-0.3, -0.25) is 9.59 Å². The van der Waals surface area contributed by atoms with Gasteiger partial charge in [0.1, 0.15) is 17.6 Å². The van der Waals surface area contributed by atoms with Crippen LogP contribution in [-0.4, -0.2) is 32.6 Å². The van der Waals surface area contributed by atoms with E-state index in [1.807, 2.05) is 0 Å². The number of amides is 2. The normalized spacial score (nSPS) is 12.0. The van der Waals surface area contributed by atoms with Crippen LogP contribution in [0.5, 0.6) is 0 Å². The molecule has 0 aliphatic carbocycles. The maximum atomic E-state index is 12.0. The molecule has 2 rings (SSSR count). The van der Waals surface area contributed by atoms with Gasteiger partial charge < -0.3 is 15.1 Å². The van der Waals surface area contributed by atoms with E-state index in [4.69, 9.17) is 4.42 Å². The van der Waals surface area contributed by atoms with Crippen LogP contribution >= 0.6 is 0 Å². The molecule has 0 radical (unpaired) electrons. The molecule has 0 aliphatic rings. The van der Waals surface area contributed by atoms with Crippen molar-refractivity contribution < 1.29 is 14.0 Å². The van der Waals surface area contributed by atoms with E-state index < -0.39 is 11.9 Å². The van der Waals surface area contributed by atoms with Crippen LogP contribution in [0.4, 0.5) is 0 Å². The average molecular weight is 291 g/mol. The molecule has 2 amide bonds. The Morgan fingerprint density at radius 3 is 2.81 bits per heavy atom. The molecule has 2 aromatic rings. The van der Waals surface area contributed by atoms with Crippen LogP contribution in [0.1, 0.15) is 29.1 Å². The van der Waals surface area contributed by atoms with Gasteiger partial charge in [-0.2, -0.15) is 5.10 Å². The molecule has 0 spiro atoms. The first-order chi connectivity index (χ1) is 9.97. The van der Waals surface area contributed by atoms with E-state index in [1.54, 1.807) is 33.0 Å². The topological polar surface area (TPSA) is 102 Å². The lowest BCUT2D eigenvalue weighted by atomic mass is 10.3. The number of carbonyl (C=O) groups excluding carboxylic acids is 2. The molecule has 8 heteroatoms. The van der Waals surface area contributed by atoms with E-state index in [2.05, 4.69) is 20.7 Å². The summed E-state index contributed by atoms with van der Waals surface area (Å²) in [4.78, 5) is 27.9. The fraction of sp³-hybridized carbons (Fsp3) is 0.385. The van der Waals surface area contributed by atoms with Crippen LogP contribution in [0.25, 0.3) is 0 Å². The van der Waals surface area contributed by atoms with Crippen molar-refractivity contribution >= 4 is 11.8 Å². The zero-order chi connectivity index (χ0) is 15.4. The predicted molar refractivity (Wildman–Crippen MR) is 73.2 cm³/mol. The maximum absolute atomic E-state index is 12.0. The fourth-order valence-electron chi connectivity index (χ4n) is 1.78. The minimum absolute atomic E-state index is 0.165. The van der Waals surface area contributed by atoms with E-state index in [0.29, 0.717) is 11.6 Å². The van der Waals surface area contributed by atoms with Crippen molar-refractivity contribution in [3.8, 4) is 0 Å². The standard InChI is InChI=1S/C13H17N5O3/c1-8(12(19)14-7-10-5-4-6-21-10)15-13(20)11-16-9(2)17-18(11)3/h4-6,8H,7H2,1-3H3,(H,14,19)(H,15,20)/t8-/m0/s1. The molecule has 0 bridgehead atoms. The largest absolute Gasteiger partial charge is 0.467 e. The Labute approximate surface area is 121 Å². The van der Waals surface area contributed by atoms with Gasteiger partial charge in [0.15, 0.2) is 0 Å². The Kier molecular flexibility index (Phi) is 4.36. The lowest BCUT2D eigenvalue weighted by molar-refractivity contribution is -0.122. The molecular formula is C13H17N5O3. The molecule has 0 saturated carbocycles. The van der Waals surface area contributed by atoms with Crippen LogP contribution in [0.15, 0.2) is 22.8 Å². The van der Waals surface area contributed by atoms with E-state index in [9.17, 15) is 9.59 Å². The summed E-state index contributed by atoms with van der Waals surface area (Å²) in [5.74, 6) is 0.555. The molecule has 0 unspecified atom stereocenters. The Morgan fingerprint density at radius 2 is 2.24 bits per heavy atom. The average Bonchev–Trinajstić information content (AvgIpc) is 3.05. The molecule has 1 atom stereocenters. The van der Waals surface area contributed by atoms with Gasteiger partial charge in [-0.1, -0.05) is 0 Å². The molecule has 0 aliphatic heterocycles. The van der Waals surface area contributed by atoms with E-state index in [1.165, 1.54) is 10.9 Å². The first kappa shape index (κ1) is 14.8. The highest BCUT2D eigenvalue weighted by Gasteiger charge is 2.20. The molecule has 2 heterocycles. The minimum Gasteiger partial charge on any atom is -0.467 e. The Morgan fingerprint density at radius 1 is 1.48 bits per heavy atom. The fourth-order valence-corrected chi connectivity index (χ4v) is 1.78. The third-order valence-corrected chi connectivity index (χ3v) is 2.83. The summed E-state index contributed by atoms with van der Waals surface area (Å²) >= 11 is 0. The van der Waals surface area contributed by atoms with E-state index in [0.717, 1.165) is 0 Å². The highest BCUT2D eigenvalue weighted by atomic mass is 16.3. The Balaban J connectivity index is 1.88. The van der Waals surface area contributed by atoms with E-state index >= 15 is 0 Å². The smallest absolute Gasteiger partial charge is 0.289 e. The van der Waals surface area contributed by atoms with Crippen LogP contribution < -0.4 is 10.6 Å². The molecule has 2 N–H and O–H groups in total. The summed E-state index contributed by atoms with van der Waals surface area (Å²) in [7, 11) is 1.62. The second-order valence-corrected chi connectivity index (χ2v) is 4.60. The summed E-state index contributed by atoms with van der Waals surface area (Å²) in [6.07, 6.45) is 1.53. The number of hydrogen-bond donors (Lipinski definition) is 2. The van der Waals surface area contributed by atoms with Crippen molar-refractivity contribution in [3.63, 3.8) is 0 Å². The number of furan rings is 1. The Bertz CT molecular complexity index is 632. The van der Waals surface area contributed by atoms with Crippen LogP contribution in [0.2, 0.25) is 0 Å². The first-order valence-corrected chi connectivity index (χ1v) is 6.46. The van der Waals surface area contributed by atoms with Crippen LogP contribution in [0.3, 0.4) is 0 Å². The first-order valence-electron chi connectivity index (χ1n) is 6.46. The third-order valence-electron chi connectivity index (χ3n) is 2.83. The number of hydrogen-bond acceptors (Lipinski definition) is 5. The van der Waals surface area contributed by atoms with Gasteiger partial charge in [-0.25, -0.2) is 9.67 Å². The van der Waals surface area contributed by atoms with Gasteiger partial charge in [0.05, 0.1) is 12.8 Å². The predicted octanol–water partition coefficient (Wildman–Crippen LogP) is 0.151. The quantitative estimate of drug-likeness (QED) is 0.816. The van der Waals surface area contributed by atoms with Gasteiger partial charge in [0, 0.05) is 7.05 Å². The molecule has 112 valence electrons. The number of rotatable bonds is 5. The molecule has 0 fully saturated rings. The number of carbonyl (C=O) groups is 2. The minimum atomic E-state index is -0.690. The molecule has 8 nitrogen and oxygen atoms in total.